The van der Waals surface area contributed by atoms with Gasteiger partial charge >= 0.3 is 0 Å². The highest BCUT2D eigenvalue weighted by Crippen LogP contribution is 2.25. The maximum Gasteiger partial charge on any atom is 0.223 e. The standard InChI is InChI=1S/C15H18N2O/c1-12(17-10-4-8-15(17)18)14-7-2-5-13(11-14)6-3-9-16/h2,5,7,11-12H,4,8-10,16H2,1H3. The molecule has 2 rings (SSSR count). The molecule has 3 heteroatoms. The van der Waals surface area contributed by atoms with Crippen molar-refractivity contribution >= 4 is 5.91 Å². The fourth-order valence-electron chi connectivity index (χ4n) is 2.29. The minimum Gasteiger partial charge on any atom is -0.336 e. The molecule has 2 N–H and O–H groups in total. The third kappa shape index (κ3) is 2.72. The Morgan fingerprint density at radius 2 is 2.33 bits per heavy atom. The molecule has 1 aromatic rings. The number of likely N-dealkylation sites (tertiary alicyclic amines) is 1. The van der Waals surface area contributed by atoms with E-state index in [9.17, 15) is 4.79 Å². The number of carbonyl (C=O) groups excluding carboxylic acids is 1. The fourth-order valence-corrected chi connectivity index (χ4v) is 2.29. The summed E-state index contributed by atoms with van der Waals surface area (Å²) in [4.78, 5) is 13.7. The molecule has 0 aliphatic carbocycles. The molecule has 1 aromatic carbocycles. The molecule has 0 radical (unpaired) electrons. The molecule has 1 amide bonds. The van der Waals surface area contributed by atoms with Crippen molar-refractivity contribution in [3.05, 3.63) is 35.4 Å². The van der Waals surface area contributed by atoms with E-state index in [-0.39, 0.29) is 11.9 Å². The maximum absolute atomic E-state index is 11.7. The summed E-state index contributed by atoms with van der Waals surface area (Å²) in [6.45, 7) is 3.29. The Labute approximate surface area is 108 Å². The molecular weight excluding hydrogens is 224 g/mol. The monoisotopic (exact) mass is 242 g/mol. The second kappa shape index (κ2) is 5.70. The summed E-state index contributed by atoms with van der Waals surface area (Å²) >= 11 is 0. The Balaban J connectivity index is 2.19. The van der Waals surface area contributed by atoms with E-state index in [1.165, 1.54) is 0 Å². The van der Waals surface area contributed by atoms with Crippen molar-refractivity contribution in [1.82, 2.24) is 4.90 Å². The van der Waals surface area contributed by atoms with E-state index in [2.05, 4.69) is 18.8 Å². The zero-order valence-corrected chi connectivity index (χ0v) is 10.6. The van der Waals surface area contributed by atoms with Gasteiger partial charge in [0.05, 0.1) is 12.6 Å². The number of carbonyl (C=O) groups is 1. The van der Waals surface area contributed by atoms with Crippen LogP contribution in [0, 0.1) is 11.8 Å². The quantitative estimate of drug-likeness (QED) is 0.802. The van der Waals surface area contributed by atoms with Gasteiger partial charge in [-0.2, -0.15) is 0 Å². The Kier molecular flexibility index (Phi) is 4.01. The lowest BCUT2D eigenvalue weighted by Crippen LogP contribution is -2.27. The summed E-state index contributed by atoms with van der Waals surface area (Å²) < 4.78 is 0. The number of hydrogen-bond donors (Lipinski definition) is 1. The third-order valence-electron chi connectivity index (χ3n) is 3.28. The van der Waals surface area contributed by atoms with Crippen LogP contribution in [-0.4, -0.2) is 23.9 Å². The molecule has 1 aliphatic rings. The molecule has 0 saturated carbocycles. The molecular formula is C15H18N2O. The van der Waals surface area contributed by atoms with Crippen LogP contribution in [0.4, 0.5) is 0 Å². The molecule has 1 unspecified atom stereocenters. The second-order valence-corrected chi connectivity index (χ2v) is 4.50. The fraction of sp³-hybridized carbons (Fsp3) is 0.400. The van der Waals surface area contributed by atoms with Crippen molar-refractivity contribution in [1.29, 1.82) is 0 Å². The Morgan fingerprint density at radius 1 is 1.50 bits per heavy atom. The first-order chi connectivity index (χ1) is 8.72. The van der Waals surface area contributed by atoms with E-state index in [0.717, 1.165) is 24.1 Å². The predicted molar refractivity (Wildman–Crippen MR) is 71.7 cm³/mol. The SMILES string of the molecule is CC(c1cccc(C#CCN)c1)N1CCCC1=O. The van der Waals surface area contributed by atoms with Crippen LogP contribution in [-0.2, 0) is 4.79 Å². The zero-order chi connectivity index (χ0) is 13.0. The van der Waals surface area contributed by atoms with E-state index in [0.29, 0.717) is 13.0 Å². The van der Waals surface area contributed by atoms with Crippen LogP contribution in [0.2, 0.25) is 0 Å². The van der Waals surface area contributed by atoms with E-state index < -0.39 is 0 Å². The number of nitrogens with two attached hydrogens (primary N) is 1. The highest BCUT2D eigenvalue weighted by molar-refractivity contribution is 5.78. The van der Waals surface area contributed by atoms with Gasteiger partial charge in [-0.1, -0.05) is 24.0 Å². The van der Waals surface area contributed by atoms with Gasteiger partial charge < -0.3 is 10.6 Å². The molecule has 0 aromatic heterocycles. The predicted octanol–water partition coefficient (Wildman–Crippen LogP) is 1.68. The van der Waals surface area contributed by atoms with Crippen molar-refractivity contribution in [2.24, 2.45) is 5.73 Å². The molecule has 3 nitrogen and oxygen atoms in total. The van der Waals surface area contributed by atoms with E-state index in [1.807, 2.05) is 29.2 Å². The third-order valence-corrected chi connectivity index (χ3v) is 3.28. The Hall–Kier alpha value is -1.79. The van der Waals surface area contributed by atoms with Gasteiger partial charge in [-0.3, -0.25) is 4.79 Å². The number of rotatable bonds is 2. The second-order valence-electron chi connectivity index (χ2n) is 4.50. The van der Waals surface area contributed by atoms with Crippen molar-refractivity contribution in [2.45, 2.75) is 25.8 Å². The van der Waals surface area contributed by atoms with Crippen LogP contribution in [0.3, 0.4) is 0 Å². The summed E-state index contributed by atoms with van der Waals surface area (Å²) in [6, 6.07) is 8.15. The molecule has 1 heterocycles. The lowest BCUT2D eigenvalue weighted by Gasteiger charge is -2.24. The number of amides is 1. The Bertz CT molecular complexity index is 499. The first-order valence-electron chi connectivity index (χ1n) is 6.30. The molecule has 1 atom stereocenters. The van der Waals surface area contributed by atoms with E-state index >= 15 is 0 Å². The van der Waals surface area contributed by atoms with Crippen LogP contribution in [0.25, 0.3) is 0 Å². The Morgan fingerprint density at radius 3 is 3.00 bits per heavy atom. The smallest absolute Gasteiger partial charge is 0.223 e. The number of nitrogens with zero attached hydrogens (tertiary/aromatic N) is 1. The zero-order valence-electron chi connectivity index (χ0n) is 10.6. The summed E-state index contributed by atoms with van der Waals surface area (Å²) in [5.74, 6) is 6.12. The van der Waals surface area contributed by atoms with Crippen molar-refractivity contribution in [3.63, 3.8) is 0 Å². The van der Waals surface area contributed by atoms with E-state index in [4.69, 9.17) is 5.73 Å². The molecule has 1 aliphatic heterocycles. The van der Waals surface area contributed by atoms with Gasteiger partial charge in [0.2, 0.25) is 5.91 Å². The van der Waals surface area contributed by atoms with Gasteiger partial charge in [0.1, 0.15) is 0 Å². The minimum atomic E-state index is 0.125. The van der Waals surface area contributed by atoms with Gasteiger partial charge in [0, 0.05) is 18.5 Å². The van der Waals surface area contributed by atoms with E-state index in [1.54, 1.807) is 0 Å². The molecule has 18 heavy (non-hydrogen) atoms. The van der Waals surface area contributed by atoms with Gasteiger partial charge in [0.25, 0.3) is 0 Å². The van der Waals surface area contributed by atoms with Crippen LogP contribution in [0.5, 0.6) is 0 Å². The summed E-state index contributed by atoms with van der Waals surface area (Å²) in [5.41, 5.74) is 7.45. The summed E-state index contributed by atoms with van der Waals surface area (Å²) in [6.07, 6.45) is 1.65. The highest BCUT2D eigenvalue weighted by atomic mass is 16.2. The number of hydrogen-bond acceptors (Lipinski definition) is 2. The average molecular weight is 242 g/mol. The summed E-state index contributed by atoms with van der Waals surface area (Å²) in [5, 5.41) is 0. The molecule has 1 saturated heterocycles. The van der Waals surface area contributed by atoms with Gasteiger partial charge in [-0.15, -0.1) is 0 Å². The first kappa shape index (κ1) is 12.7. The van der Waals surface area contributed by atoms with Crippen molar-refractivity contribution < 1.29 is 4.79 Å². The van der Waals surface area contributed by atoms with Gasteiger partial charge in [-0.25, -0.2) is 0 Å². The van der Waals surface area contributed by atoms with Crippen LogP contribution in [0.15, 0.2) is 24.3 Å². The molecule has 1 fully saturated rings. The van der Waals surface area contributed by atoms with Gasteiger partial charge in [-0.05, 0) is 31.0 Å². The van der Waals surface area contributed by atoms with Crippen LogP contribution >= 0.6 is 0 Å². The summed E-state index contributed by atoms with van der Waals surface area (Å²) in [7, 11) is 0. The molecule has 0 spiro atoms. The normalized spacial score (nSPS) is 16.3. The number of benzene rings is 1. The highest BCUT2D eigenvalue weighted by Gasteiger charge is 2.25. The lowest BCUT2D eigenvalue weighted by molar-refractivity contribution is -0.129. The van der Waals surface area contributed by atoms with Crippen LogP contribution < -0.4 is 5.73 Å². The topological polar surface area (TPSA) is 46.3 Å². The molecule has 94 valence electrons. The van der Waals surface area contributed by atoms with Crippen LogP contribution in [0.1, 0.15) is 36.9 Å². The minimum absolute atomic E-state index is 0.125. The van der Waals surface area contributed by atoms with Crippen molar-refractivity contribution in [2.75, 3.05) is 13.1 Å². The maximum atomic E-state index is 11.7. The largest absolute Gasteiger partial charge is 0.336 e. The van der Waals surface area contributed by atoms with Gasteiger partial charge in [0.15, 0.2) is 0 Å². The van der Waals surface area contributed by atoms with Crippen molar-refractivity contribution in [3.8, 4) is 11.8 Å². The molecule has 0 bridgehead atoms. The average Bonchev–Trinajstić information content (AvgIpc) is 2.82. The lowest BCUT2D eigenvalue weighted by atomic mass is 10.0. The first-order valence-corrected chi connectivity index (χ1v) is 6.30.